The molecule has 0 radical (unpaired) electrons. The van der Waals surface area contributed by atoms with Gasteiger partial charge in [0.25, 0.3) is 0 Å². The molecule has 0 saturated heterocycles. The fourth-order valence-electron chi connectivity index (χ4n) is 1.000. The highest BCUT2D eigenvalue weighted by atomic mass is 32.2. The van der Waals surface area contributed by atoms with Gasteiger partial charge in [0.1, 0.15) is 5.01 Å². The van der Waals surface area contributed by atoms with E-state index in [-0.39, 0.29) is 0 Å². The summed E-state index contributed by atoms with van der Waals surface area (Å²) in [5.74, 6) is 0. The van der Waals surface area contributed by atoms with Gasteiger partial charge in [-0.1, -0.05) is 23.1 Å². The fourth-order valence-corrected chi connectivity index (χ4v) is 2.36. The summed E-state index contributed by atoms with van der Waals surface area (Å²) in [7, 11) is 1.98. The second-order valence-electron chi connectivity index (χ2n) is 2.73. The van der Waals surface area contributed by atoms with Gasteiger partial charge >= 0.3 is 0 Å². The quantitative estimate of drug-likeness (QED) is 0.582. The second kappa shape index (κ2) is 6.34. The Balaban J connectivity index is 2.20. The molecule has 0 spiro atoms. The van der Waals surface area contributed by atoms with Crippen molar-refractivity contribution in [3.05, 3.63) is 5.01 Å². The summed E-state index contributed by atoms with van der Waals surface area (Å²) >= 11 is 3.38. The van der Waals surface area contributed by atoms with Crippen molar-refractivity contribution in [2.75, 3.05) is 19.8 Å². The summed E-state index contributed by atoms with van der Waals surface area (Å²) in [6.45, 7) is 1.09. The minimum atomic E-state index is 1.07. The van der Waals surface area contributed by atoms with E-state index in [9.17, 15) is 0 Å². The third kappa shape index (κ3) is 4.06. The number of rotatable bonds is 6. The first-order valence-electron chi connectivity index (χ1n) is 4.37. The Hall–Kier alpha value is -0.130. The molecule has 0 aliphatic heterocycles. The lowest BCUT2D eigenvalue weighted by Gasteiger charge is -1.96. The smallest absolute Gasteiger partial charge is 0.174 e. The average molecular weight is 217 g/mol. The van der Waals surface area contributed by atoms with Crippen molar-refractivity contribution in [2.24, 2.45) is 0 Å². The van der Waals surface area contributed by atoms with Gasteiger partial charge in [0.2, 0.25) is 0 Å². The molecule has 13 heavy (non-hydrogen) atoms. The number of hydrogen-bond acceptors (Lipinski definition) is 5. The van der Waals surface area contributed by atoms with E-state index in [0.29, 0.717) is 0 Å². The van der Waals surface area contributed by atoms with Crippen LogP contribution in [-0.2, 0) is 6.42 Å². The van der Waals surface area contributed by atoms with Gasteiger partial charge in [-0.3, -0.25) is 0 Å². The molecule has 1 aromatic heterocycles. The van der Waals surface area contributed by atoms with Crippen LogP contribution < -0.4 is 5.32 Å². The van der Waals surface area contributed by atoms with Crippen molar-refractivity contribution in [3.63, 3.8) is 0 Å². The van der Waals surface area contributed by atoms with E-state index >= 15 is 0 Å². The molecule has 3 nitrogen and oxygen atoms in total. The largest absolute Gasteiger partial charge is 0.320 e. The Kier molecular flexibility index (Phi) is 5.34. The molecule has 0 saturated carbocycles. The molecule has 0 aliphatic carbocycles. The van der Waals surface area contributed by atoms with Gasteiger partial charge in [-0.2, -0.15) is 0 Å². The molecular weight excluding hydrogens is 202 g/mol. The number of unbranched alkanes of at least 4 members (excludes halogenated alkanes) is 1. The predicted molar refractivity (Wildman–Crippen MR) is 58.6 cm³/mol. The minimum absolute atomic E-state index is 1.07. The number of nitrogens with one attached hydrogen (secondary N) is 1. The fraction of sp³-hybridized carbons (Fsp3) is 0.750. The third-order valence-corrected chi connectivity index (χ3v) is 3.65. The molecular formula is C8H15N3S2. The van der Waals surface area contributed by atoms with E-state index in [2.05, 4.69) is 15.5 Å². The summed E-state index contributed by atoms with van der Waals surface area (Å²) in [5, 5.41) is 12.5. The SMILES string of the molecule is CNCCCCc1nnc(SC)s1. The van der Waals surface area contributed by atoms with Crippen LogP contribution in [0, 0.1) is 0 Å². The summed E-state index contributed by atoms with van der Waals surface area (Å²) < 4.78 is 1.07. The predicted octanol–water partition coefficient (Wildman–Crippen LogP) is 1.80. The molecule has 0 amide bonds. The Morgan fingerprint density at radius 1 is 1.38 bits per heavy atom. The molecule has 0 fully saturated rings. The normalized spacial score (nSPS) is 10.6. The molecule has 0 aliphatic rings. The van der Waals surface area contributed by atoms with Gasteiger partial charge < -0.3 is 5.32 Å². The molecule has 1 aromatic rings. The van der Waals surface area contributed by atoms with Gasteiger partial charge in [0, 0.05) is 6.42 Å². The Morgan fingerprint density at radius 3 is 2.85 bits per heavy atom. The molecule has 1 N–H and O–H groups in total. The van der Waals surface area contributed by atoms with Crippen LogP contribution in [0.1, 0.15) is 17.8 Å². The van der Waals surface area contributed by atoms with Gasteiger partial charge in [-0.15, -0.1) is 10.2 Å². The zero-order valence-electron chi connectivity index (χ0n) is 8.04. The van der Waals surface area contributed by atoms with Gasteiger partial charge in [-0.05, 0) is 32.7 Å². The summed E-state index contributed by atoms with van der Waals surface area (Å²) in [5.41, 5.74) is 0. The van der Waals surface area contributed by atoms with Crippen LogP contribution in [0.15, 0.2) is 4.34 Å². The Morgan fingerprint density at radius 2 is 2.23 bits per heavy atom. The van der Waals surface area contributed by atoms with Gasteiger partial charge in [0.15, 0.2) is 4.34 Å². The molecule has 0 unspecified atom stereocenters. The van der Waals surface area contributed by atoms with Gasteiger partial charge in [-0.25, -0.2) is 0 Å². The zero-order valence-corrected chi connectivity index (χ0v) is 9.67. The lowest BCUT2D eigenvalue weighted by molar-refractivity contribution is 0.672. The van der Waals surface area contributed by atoms with Crippen LogP contribution >= 0.6 is 23.1 Å². The van der Waals surface area contributed by atoms with Gasteiger partial charge in [0.05, 0.1) is 0 Å². The van der Waals surface area contributed by atoms with Crippen molar-refractivity contribution in [1.82, 2.24) is 15.5 Å². The molecule has 0 bridgehead atoms. The number of aryl methyl sites for hydroxylation is 1. The zero-order chi connectivity index (χ0) is 9.52. The molecule has 0 atom stereocenters. The van der Waals surface area contributed by atoms with Crippen LogP contribution in [0.4, 0.5) is 0 Å². The van der Waals surface area contributed by atoms with Crippen LogP contribution in [0.5, 0.6) is 0 Å². The first kappa shape index (κ1) is 10.9. The molecule has 1 heterocycles. The van der Waals surface area contributed by atoms with Crippen molar-refractivity contribution >= 4 is 23.1 Å². The van der Waals surface area contributed by atoms with E-state index < -0.39 is 0 Å². The maximum atomic E-state index is 4.11. The van der Waals surface area contributed by atoms with Crippen molar-refractivity contribution in [1.29, 1.82) is 0 Å². The van der Waals surface area contributed by atoms with Crippen LogP contribution in [0.3, 0.4) is 0 Å². The standard InChI is InChI=1S/C8H15N3S2/c1-9-6-4-3-5-7-10-11-8(12-2)13-7/h9H,3-6H2,1-2H3. The van der Waals surface area contributed by atoms with E-state index in [1.54, 1.807) is 23.1 Å². The summed E-state index contributed by atoms with van der Waals surface area (Å²) in [6, 6.07) is 0. The average Bonchev–Trinajstić information content (AvgIpc) is 2.60. The van der Waals surface area contributed by atoms with E-state index in [1.807, 2.05) is 13.3 Å². The lowest BCUT2D eigenvalue weighted by Crippen LogP contribution is -2.07. The monoisotopic (exact) mass is 217 g/mol. The second-order valence-corrected chi connectivity index (χ2v) is 4.84. The molecule has 74 valence electrons. The maximum absolute atomic E-state index is 4.11. The highest BCUT2D eigenvalue weighted by molar-refractivity contribution is 8.00. The topological polar surface area (TPSA) is 37.8 Å². The first-order valence-corrected chi connectivity index (χ1v) is 6.42. The number of aromatic nitrogens is 2. The number of nitrogens with zero attached hydrogens (tertiary/aromatic N) is 2. The number of thioether (sulfide) groups is 1. The molecule has 0 aromatic carbocycles. The molecule has 5 heteroatoms. The lowest BCUT2D eigenvalue weighted by atomic mass is 10.2. The number of hydrogen-bond donors (Lipinski definition) is 1. The van der Waals surface area contributed by atoms with Crippen molar-refractivity contribution in [2.45, 2.75) is 23.6 Å². The molecule has 1 rings (SSSR count). The van der Waals surface area contributed by atoms with Crippen LogP contribution in [0.2, 0.25) is 0 Å². The Labute approximate surface area is 87.3 Å². The van der Waals surface area contributed by atoms with Crippen LogP contribution in [-0.4, -0.2) is 30.0 Å². The van der Waals surface area contributed by atoms with E-state index in [4.69, 9.17) is 0 Å². The first-order chi connectivity index (χ1) is 6.36. The van der Waals surface area contributed by atoms with Crippen molar-refractivity contribution < 1.29 is 0 Å². The Bertz CT molecular complexity index is 237. The van der Waals surface area contributed by atoms with E-state index in [0.717, 1.165) is 17.3 Å². The minimum Gasteiger partial charge on any atom is -0.320 e. The van der Waals surface area contributed by atoms with Crippen LogP contribution in [0.25, 0.3) is 0 Å². The summed E-state index contributed by atoms with van der Waals surface area (Å²) in [4.78, 5) is 0. The van der Waals surface area contributed by atoms with Crippen molar-refractivity contribution in [3.8, 4) is 0 Å². The summed E-state index contributed by atoms with van der Waals surface area (Å²) in [6.07, 6.45) is 5.51. The third-order valence-electron chi connectivity index (χ3n) is 1.69. The highest BCUT2D eigenvalue weighted by Crippen LogP contribution is 2.20. The highest BCUT2D eigenvalue weighted by Gasteiger charge is 2.01. The van der Waals surface area contributed by atoms with E-state index in [1.165, 1.54) is 17.8 Å². The maximum Gasteiger partial charge on any atom is 0.174 e.